The van der Waals surface area contributed by atoms with E-state index in [4.69, 9.17) is 0 Å². The van der Waals surface area contributed by atoms with Crippen molar-refractivity contribution in [3.63, 3.8) is 0 Å². The van der Waals surface area contributed by atoms with Gasteiger partial charge in [-0.05, 0) is 48.9 Å². The van der Waals surface area contributed by atoms with E-state index in [1.54, 1.807) is 0 Å². The van der Waals surface area contributed by atoms with Crippen LogP contribution in [0.1, 0.15) is 46.5 Å². The van der Waals surface area contributed by atoms with Crippen LogP contribution in [-0.2, 0) is 6.42 Å². The summed E-state index contributed by atoms with van der Waals surface area (Å²) in [5.74, 6) is 0.737. The first-order chi connectivity index (χ1) is 9.47. The van der Waals surface area contributed by atoms with Gasteiger partial charge in [-0.1, -0.05) is 50.2 Å². The Kier molecular flexibility index (Phi) is 4.39. The average Bonchev–Trinajstić information content (AvgIpc) is 2.41. The third-order valence-corrected chi connectivity index (χ3v) is 3.63. The predicted molar refractivity (Wildman–Crippen MR) is 84.3 cm³/mol. The van der Waals surface area contributed by atoms with Gasteiger partial charge in [0, 0.05) is 11.1 Å². The first kappa shape index (κ1) is 14.5. The minimum absolute atomic E-state index is 0.101. The monoisotopic (exact) mass is 266 g/mol. The molecular weight excluding hydrogens is 244 g/mol. The number of aryl methyl sites for hydroxylation is 2. The van der Waals surface area contributed by atoms with Crippen LogP contribution in [0, 0.1) is 19.8 Å². The van der Waals surface area contributed by atoms with Gasteiger partial charge in [0.15, 0.2) is 5.78 Å². The summed E-state index contributed by atoms with van der Waals surface area (Å²) in [6, 6.07) is 13.9. The van der Waals surface area contributed by atoms with E-state index in [-0.39, 0.29) is 5.78 Å². The SMILES string of the molecule is Cc1ccc(C(=O)c2ccc(CC(C)C)cc2)cc1C. The van der Waals surface area contributed by atoms with E-state index in [2.05, 4.69) is 32.9 Å². The summed E-state index contributed by atoms with van der Waals surface area (Å²) in [5, 5.41) is 0. The maximum Gasteiger partial charge on any atom is 0.193 e. The zero-order valence-electron chi connectivity index (χ0n) is 12.7. The highest BCUT2D eigenvalue weighted by Gasteiger charge is 2.10. The normalized spacial score (nSPS) is 10.8. The molecule has 0 heterocycles. The molecule has 0 bridgehead atoms. The highest BCUT2D eigenvalue weighted by molar-refractivity contribution is 6.09. The van der Waals surface area contributed by atoms with E-state index in [1.165, 1.54) is 11.1 Å². The quantitative estimate of drug-likeness (QED) is 0.731. The summed E-state index contributed by atoms with van der Waals surface area (Å²) in [7, 11) is 0. The summed E-state index contributed by atoms with van der Waals surface area (Å²) in [4.78, 5) is 12.4. The molecule has 0 aliphatic rings. The van der Waals surface area contributed by atoms with Gasteiger partial charge in [0.25, 0.3) is 0 Å². The predicted octanol–water partition coefficient (Wildman–Crippen LogP) is 4.73. The van der Waals surface area contributed by atoms with Crippen molar-refractivity contribution in [3.8, 4) is 0 Å². The highest BCUT2D eigenvalue weighted by atomic mass is 16.1. The standard InChI is InChI=1S/C19H22O/c1-13(2)11-16-6-9-17(10-7-16)19(20)18-8-5-14(3)15(4)12-18/h5-10,12-13H,11H2,1-4H3. The van der Waals surface area contributed by atoms with E-state index < -0.39 is 0 Å². The molecule has 0 spiro atoms. The molecule has 0 radical (unpaired) electrons. The van der Waals surface area contributed by atoms with Gasteiger partial charge in [-0.15, -0.1) is 0 Å². The Bertz CT molecular complexity index is 606. The first-order valence-electron chi connectivity index (χ1n) is 7.18. The summed E-state index contributed by atoms with van der Waals surface area (Å²) in [6.45, 7) is 8.50. The molecule has 2 rings (SSSR count). The molecule has 2 aromatic carbocycles. The molecule has 0 unspecified atom stereocenters. The molecule has 0 saturated carbocycles. The van der Waals surface area contributed by atoms with Gasteiger partial charge in [-0.3, -0.25) is 4.79 Å². The number of carbonyl (C=O) groups excluding carboxylic acids is 1. The van der Waals surface area contributed by atoms with E-state index in [0.29, 0.717) is 5.92 Å². The second-order valence-electron chi connectivity index (χ2n) is 5.92. The first-order valence-corrected chi connectivity index (χ1v) is 7.18. The zero-order chi connectivity index (χ0) is 14.7. The van der Waals surface area contributed by atoms with Gasteiger partial charge in [-0.25, -0.2) is 0 Å². The van der Waals surface area contributed by atoms with Crippen molar-refractivity contribution in [3.05, 3.63) is 70.3 Å². The van der Waals surface area contributed by atoms with Crippen molar-refractivity contribution in [2.45, 2.75) is 34.1 Å². The second-order valence-corrected chi connectivity index (χ2v) is 5.92. The third-order valence-electron chi connectivity index (χ3n) is 3.63. The molecule has 0 fully saturated rings. The molecule has 0 aliphatic carbocycles. The van der Waals surface area contributed by atoms with E-state index >= 15 is 0 Å². The second kappa shape index (κ2) is 6.04. The number of carbonyl (C=O) groups is 1. The molecule has 1 heteroatoms. The van der Waals surface area contributed by atoms with Gasteiger partial charge in [0.2, 0.25) is 0 Å². The van der Waals surface area contributed by atoms with Crippen LogP contribution in [0.5, 0.6) is 0 Å². The Balaban J connectivity index is 2.22. The van der Waals surface area contributed by atoms with Gasteiger partial charge >= 0.3 is 0 Å². The topological polar surface area (TPSA) is 17.1 Å². The van der Waals surface area contributed by atoms with E-state index in [9.17, 15) is 4.79 Å². The summed E-state index contributed by atoms with van der Waals surface area (Å²) < 4.78 is 0. The number of ketones is 1. The van der Waals surface area contributed by atoms with Crippen LogP contribution in [0.4, 0.5) is 0 Å². The van der Waals surface area contributed by atoms with Crippen LogP contribution in [0.2, 0.25) is 0 Å². The molecule has 0 atom stereocenters. The van der Waals surface area contributed by atoms with Crippen molar-refractivity contribution in [1.29, 1.82) is 0 Å². The van der Waals surface area contributed by atoms with Crippen molar-refractivity contribution in [2.75, 3.05) is 0 Å². The fourth-order valence-electron chi connectivity index (χ4n) is 2.31. The fourth-order valence-corrected chi connectivity index (χ4v) is 2.31. The fraction of sp³-hybridized carbons (Fsp3) is 0.316. The largest absolute Gasteiger partial charge is 0.289 e. The van der Waals surface area contributed by atoms with Crippen LogP contribution in [0.25, 0.3) is 0 Å². The van der Waals surface area contributed by atoms with E-state index in [0.717, 1.165) is 23.1 Å². The van der Waals surface area contributed by atoms with Crippen LogP contribution in [0.3, 0.4) is 0 Å². The molecule has 0 aromatic heterocycles. The van der Waals surface area contributed by atoms with E-state index in [1.807, 2.05) is 37.3 Å². The van der Waals surface area contributed by atoms with Crippen molar-refractivity contribution >= 4 is 5.78 Å². The Labute approximate surface area is 121 Å². The maximum atomic E-state index is 12.4. The number of hydrogen-bond donors (Lipinski definition) is 0. The van der Waals surface area contributed by atoms with Gasteiger partial charge in [-0.2, -0.15) is 0 Å². The lowest BCUT2D eigenvalue weighted by molar-refractivity contribution is 0.103. The summed E-state index contributed by atoms with van der Waals surface area (Å²) >= 11 is 0. The van der Waals surface area contributed by atoms with Crippen molar-refractivity contribution in [2.24, 2.45) is 5.92 Å². The molecule has 0 aliphatic heterocycles. The minimum atomic E-state index is 0.101. The molecule has 0 saturated heterocycles. The van der Waals surface area contributed by atoms with Crippen molar-refractivity contribution < 1.29 is 4.79 Å². The zero-order valence-corrected chi connectivity index (χ0v) is 12.7. The Morgan fingerprint density at radius 1 is 0.900 bits per heavy atom. The summed E-state index contributed by atoms with van der Waals surface area (Å²) in [5.41, 5.74) is 5.20. The maximum absolute atomic E-state index is 12.4. The Hall–Kier alpha value is -1.89. The Morgan fingerprint density at radius 3 is 2.05 bits per heavy atom. The van der Waals surface area contributed by atoms with Gasteiger partial charge in [0.1, 0.15) is 0 Å². The van der Waals surface area contributed by atoms with Crippen LogP contribution < -0.4 is 0 Å². The van der Waals surface area contributed by atoms with Gasteiger partial charge < -0.3 is 0 Å². The molecule has 2 aromatic rings. The molecule has 1 nitrogen and oxygen atoms in total. The third kappa shape index (κ3) is 3.36. The van der Waals surface area contributed by atoms with Crippen LogP contribution in [0.15, 0.2) is 42.5 Å². The van der Waals surface area contributed by atoms with Crippen LogP contribution >= 0.6 is 0 Å². The molecule has 0 N–H and O–H groups in total. The average molecular weight is 266 g/mol. The highest BCUT2D eigenvalue weighted by Crippen LogP contribution is 2.16. The summed E-state index contributed by atoms with van der Waals surface area (Å²) in [6.07, 6.45) is 1.05. The molecule has 20 heavy (non-hydrogen) atoms. The molecule has 104 valence electrons. The number of rotatable bonds is 4. The number of benzene rings is 2. The minimum Gasteiger partial charge on any atom is -0.289 e. The van der Waals surface area contributed by atoms with Crippen LogP contribution in [-0.4, -0.2) is 5.78 Å². The van der Waals surface area contributed by atoms with Gasteiger partial charge in [0.05, 0.1) is 0 Å². The lowest BCUT2D eigenvalue weighted by Crippen LogP contribution is -2.03. The molecular formula is C19H22O. The van der Waals surface area contributed by atoms with Crippen molar-refractivity contribution in [1.82, 2.24) is 0 Å². The smallest absolute Gasteiger partial charge is 0.193 e. The Morgan fingerprint density at radius 2 is 1.50 bits per heavy atom. The lowest BCUT2D eigenvalue weighted by atomic mass is 9.97. The molecule has 0 amide bonds. The number of hydrogen-bond acceptors (Lipinski definition) is 1. The lowest BCUT2D eigenvalue weighted by Gasteiger charge is -2.07.